The Morgan fingerprint density at radius 2 is 2.29 bits per heavy atom. The molecule has 3 heterocycles. The summed E-state index contributed by atoms with van der Waals surface area (Å²) in [4.78, 5) is 29.8. The predicted molar refractivity (Wildman–Crippen MR) is 83.6 cm³/mol. The number of halogens is 2. The second-order valence-electron chi connectivity index (χ2n) is 5.24. The van der Waals surface area contributed by atoms with Crippen LogP contribution in [0.1, 0.15) is 19.8 Å². The number of pyridine rings is 1. The summed E-state index contributed by atoms with van der Waals surface area (Å²) in [5.41, 5.74) is 0.361. The van der Waals surface area contributed by atoms with Gasteiger partial charge in [-0.05, 0) is 13.3 Å². The molecule has 112 valence electrons. The van der Waals surface area contributed by atoms with Crippen LogP contribution < -0.4 is 5.32 Å². The summed E-state index contributed by atoms with van der Waals surface area (Å²) >= 11 is 13.6. The number of nitrogens with zero attached hydrogens (tertiary/aromatic N) is 2. The van der Waals surface area contributed by atoms with E-state index < -0.39 is 6.04 Å². The molecule has 0 bridgehead atoms. The minimum absolute atomic E-state index is 0.0259. The van der Waals surface area contributed by atoms with Crippen molar-refractivity contribution in [3.8, 4) is 0 Å². The first-order chi connectivity index (χ1) is 9.92. The van der Waals surface area contributed by atoms with Gasteiger partial charge in [0.2, 0.25) is 11.8 Å². The van der Waals surface area contributed by atoms with Crippen molar-refractivity contribution in [1.82, 2.24) is 9.88 Å². The van der Waals surface area contributed by atoms with Crippen LogP contribution in [0, 0.1) is 0 Å². The van der Waals surface area contributed by atoms with Crippen molar-refractivity contribution in [2.75, 3.05) is 11.1 Å². The normalized spacial score (nSPS) is 27.9. The van der Waals surface area contributed by atoms with Crippen LogP contribution in [0.2, 0.25) is 10.0 Å². The first-order valence-corrected chi connectivity index (χ1v) is 8.22. The molecular weight excluding hydrogens is 333 g/mol. The van der Waals surface area contributed by atoms with Crippen molar-refractivity contribution in [2.24, 2.45) is 0 Å². The van der Waals surface area contributed by atoms with E-state index in [0.717, 1.165) is 6.42 Å². The lowest BCUT2D eigenvalue weighted by Gasteiger charge is -2.29. The highest BCUT2D eigenvalue weighted by atomic mass is 35.5. The van der Waals surface area contributed by atoms with Crippen LogP contribution in [0.25, 0.3) is 0 Å². The maximum absolute atomic E-state index is 12.5. The van der Waals surface area contributed by atoms with Crippen LogP contribution in [0.15, 0.2) is 12.4 Å². The average Bonchev–Trinajstić information content (AvgIpc) is 2.92. The monoisotopic (exact) mass is 345 g/mol. The quantitative estimate of drug-likeness (QED) is 0.895. The van der Waals surface area contributed by atoms with Crippen LogP contribution in [0.5, 0.6) is 0 Å². The molecule has 0 aromatic carbocycles. The molecule has 1 N–H and O–H groups in total. The Kier molecular flexibility index (Phi) is 3.80. The SMILES string of the molecule is C[C@@]12CCC(=O)N1[C@@H](C(=O)Nc1cncc(Cl)c1Cl)CS2. The number of carbonyl (C=O) groups excluding carboxylic acids is 2. The number of rotatable bonds is 2. The molecule has 2 aliphatic heterocycles. The Bertz CT molecular complexity index is 627. The van der Waals surface area contributed by atoms with Gasteiger partial charge in [-0.3, -0.25) is 14.6 Å². The van der Waals surface area contributed by atoms with Gasteiger partial charge in [-0.2, -0.15) is 0 Å². The molecule has 1 aromatic rings. The molecule has 0 unspecified atom stereocenters. The van der Waals surface area contributed by atoms with E-state index in [1.165, 1.54) is 12.4 Å². The molecule has 2 atom stereocenters. The summed E-state index contributed by atoms with van der Waals surface area (Å²) in [6.07, 6.45) is 4.12. The van der Waals surface area contributed by atoms with E-state index in [1.54, 1.807) is 16.7 Å². The van der Waals surface area contributed by atoms with Crippen LogP contribution in [-0.4, -0.2) is 38.4 Å². The van der Waals surface area contributed by atoms with Gasteiger partial charge < -0.3 is 10.2 Å². The first-order valence-electron chi connectivity index (χ1n) is 6.48. The van der Waals surface area contributed by atoms with Crippen LogP contribution in [-0.2, 0) is 9.59 Å². The molecule has 5 nitrogen and oxygen atoms in total. The van der Waals surface area contributed by atoms with Crippen LogP contribution >= 0.6 is 35.0 Å². The average molecular weight is 346 g/mol. The van der Waals surface area contributed by atoms with Gasteiger partial charge in [0.05, 0.1) is 26.8 Å². The number of fused-ring (bicyclic) bond motifs is 1. The number of carbonyl (C=O) groups is 2. The maximum Gasteiger partial charge on any atom is 0.248 e. The largest absolute Gasteiger partial charge is 0.322 e. The van der Waals surface area contributed by atoms with Crippen molar-refractivity contribution < 1.29 is 9.59 Å². The lowest BCUT2D eigenvalue weighted by Crippen LogP contribution is -2.48. The zero-order valence-corrected chi connectivity index (χ0v) is 13.6. The molecule has 21 heavy (non-hydrogen) atoms. The molecule has 0 saturated carbocycles. The summed E-state index contributed by atoms with van der Waals surface area (Å²) in [6.45, 7) is 2.00. The molecule has 1 aromatic heterocycles. The van der Waals surface area contributed by atoms with E-state index in [4.69, 9.17) is 23.2 Å². The minimum atomic E-state index is -0.481. The lowest BCUT2D eigenvalue weighted by atomic mass is 10.2. The highest BCUT2D eigenvalue weighted by Crippen LogP contribution is 2.47. The fraction of sp³-hybridized carbons (Fsp3) is 0.462. The van der Waals surface area contributed by atoms with Gasteiger partial charge in [-0.25, -0.2) is 0 Å². The smallest absolute Gasteiger partial charge is 0.248 e. The molecule has 3 rings (SSSR count). The fourth-order valence-corrected chi connectivity index (χ4v) is 4.47. The Hall–Kier alpha value is -0.980. The third-order valence-electron chi connectivity index (χ3n) is 3.84. The molecule has 0 aliphatic carbocycles. The topological polar surface area (TPSA) is 62.3 Å². The Labute approximate surface area is 136 Å². The number of amides is 2. The predicted octanol–water partition coefficient (Wildman–Crippen LogP) is 2.78. The molecule has 2 aliphatic rings. The number of hydrogen-bond acceptors (Lipinski definition) is 4. The Morgan fingerprint density at radius 1 is 1.52 bits per heavy atom. The number of aromatic nitrogens is 1. The number of thioether (sulfide) groups is 1. The van der Waals surface area contributed by atoms with E-state index in [-0.39, 0.29) is 26.7 Å². The molecule has 8 heteroatoms. The van der Waals surface area contributed by atoms with Gasteiger partial charge >= 0.3 is 0 Å². The summed E-state index contributed by atoms with van der Waals surface area (Å²) in [5, 5.41) is 3.24. The maximum atomic E-state index is 12.5. The lowest BCUT2D eigenvalue weighted by molar-refractivity contribution is -0.135. The standard InChI is InChI=1S/C13H13Cl2N3O2S/c1-13-3-2-10(19)18(13)9(6-21-13)12(20)17-8-5-16-4-7(14)11(8)15/h4-5,9H,2-3,6H2,1H3,(H,17,20)/t9-,13-/m1/s1. The molecular formula is C13H13Cl2N3O2S. The van der Waals surface area contributed by atoms with Crippen LogP contribution in [0.4, 0.5) is 5.69 Å². The zero-order valence-electron chi connectivity index (χ0n) is 11.2. The van der Waals surface area contributed by atoms with Crippen molar-refractivity contribution in [2.45, 2.75) is 30.7 Å². The highest BCUT2D eigenvalue weighted by molar-refractivity contribution is 8.01. The molecule has 2 saturated heterocycles. The number of hydrogen-bond donors (Lipinski definition) is 1. The second kappa shape index (κ2) is 5.34. The van der Waals surface area contributed by atoms with E-state index in [0.29, 0.717) is 17.9 Å². The molecule has 0 radical (unpaired) electrons. The van der Waals surface area contributed by atoms with E-state index in [2.05, 4.69) is 10.3 Å². The molecule has 0 spiro atoms. The molecule has 2 amide bonds. The summed E-state index contributed by atoms with van der Waals surface area (Å²) in [7, 11) is 0. The summed E-state index contributed by atoms with van der Waals surface area (Å²) in [5.74, 6) is 0.352. The number of nitrogens with one attached hydrogen (secondary N) is 1. The van der Waals surface area contributed by atoms with Crippen molar-refractivity contribution >= 4 is 52.5 Å². The van der Waals surface area contributed by atoms with Crippen LogP contribution in [0.3, 0.4) is 0 Å². The Morgan fingerprint density at radius 3 is 3.05 bits per heavy atom. The third kappa shape index (κ3) is 2.49. The fourth-order valence-electron chi connectivity index (χ4n) is 2.74. The number of anilines is 1. The van der Waals surface area contributed by atoms with E-state index in [1.807, 2.05) is 6.92 Å². The zero-order chi connectivity index (χ0) is 15.2. The first kappa shape index (κ1) is 14.9. The summed E-state index contributed by atoms with van der Waals surface area (Å²) in [6, 6.07) is -0.481. The third-order valence-corrected chi connectivity index (χ3v) is 6.14. The van der Waals surface area contributed by atoms with Gasteiger partial charge in [0.1, 0.15) is 6.04 Å². The van der Waals surface area contributed by atoms with Gasteiger partial charge in [0, 0.05) is 18.4 Å². The van der Waals surface area contributed by atoms with Gasteiger partial charge in [-0.15, -0.1) is 11.8 Å². The van der Waals surface area contributed by atoms with Crippen molar-refractivity contribution in [1.29, 1.82) is 0 Å². The van der Waals surface area contributed by atoms with Gasteiger partial charge in [0.15, 0.2) is 0 Å². The molecule has 2 fully saturated rings. The minimum Gasteiger partial charge on any atom is -0.322 e. The van der Waals surface area contributed by atoms with Gasteiger partial charge in [-0.1, -0.05) is 23.2 Å². The summed E-state index contributed by atoms with van der Waals surface area (Å²) < 4.78 is 0. The van der Waals surface area contributed by atoms with E-state index in [9.17, 15) is 9.59 Å². The van der Waals surface area contributed by atoms with Crippen molar-refractivity contribution in [3.63, 3.8) is 0 Å². The van der Waals surface area contributed by atoms with Gasteiger partial charge in [0.25, 0.3) is 0 Å². The second-order valence-corrected chi connectivity index (χ2v) is 7.52. The van der Waals surface area contributed by atoms with Crippen molar-refractivity contribution in [3.05, 3.63) is 22.4 Å². The highest BCUT2D eigenvalue weighted by Gasteiger charge is 2.52. The Balaban J connectivity index is 1.80. The van der Waals surface area contributed by atoms with E-state index >= 15 is 0 Å².